The van der Waals surface area contributed by atoms with E-state index in [0.717, 1.165) is 25.7 Å². The van der Waals surface area contributed by atoms with Crippen molar-refractivity contribution in [1.29, 1.82) is 0 Å². The minimum Gasteiger partial charge on any atom is -0.324 e. The molecule has 5 saturated carbocycles. The summed E-state index contributed by atoms with van der Waals surface area (Å²) in [5.74, 6) is 0.933. The number of nitrogens with two attached hydrogens (primary N) is 3. The van der Waals surface area contributed by atoms with Gasteiger partial charge in [0.15, 0.2) is 0 Å². The fourth-order valence-electron chi connectivity index (χ4n) is 11.8. The van der Waals surface area contributed by atoms with Crippen molar-refractivity contribution in [2.45, 2.75) is 136 Å². The molecule has 0 bridgehead atoms. The first-order chi connectivity index (χ1) is 15.0. The van der Waals surface area contributed by atoms with Gasteiger partial charge in [-0.25, -0.2) is 0 Å². The molecule has 3 heteroatoms. The number of hydrogen-bond donors (Lipinski definition) is 3. The molecular formula is C30H53N3. The zero-order valence-corrected chi connectivity index (χ0v) is 22.9. The van der Waals surface area contributed by atoms with E-state index in [1.807, 2.05) is 0 Å². The van der Waals surface area contributed by atoms with Crippen LogP contribution in [0.1, 0.15) is 119 Å². The monoisotopic (exact) mass is 455 g/mol. The number of fused-ring (bicyclic) bond motifs is 7. The second-order valence-corrected chi connectivity index (χ2v) is 15.3. The molecule has 9 atom stereocenters. The highest BCUT2D eigenvalue weighted by atomic mass is 15.0. The molecule has 9 unspecified atom stereocenters. The van der Waals surface area contributed by atoms with E-state index in [1.165, 1.54) is 50.5 Å². The van der Waals surface area contributed by atoms with E-state index in [4.69, 9.17) is 17.2 Å². The summed E-state index contributed by atoms with van der Waals surface area (Å²) in [6, 6.07) is 0. The Morgan fingerprint density at radius 3 is 2.00 bits per heavy atom. The van der Waals surface area contributed by atoms with Crippen molar-refractivity contribution in [2.24, 2.45) is 56.1 Å². The van der Waals surface area contributed by atoms with Crippen LogP contribution in [-0.4, -0.2) is 16.6 Å². The standard InChI is InChI=1S/C30H53N3/c1-20(2)21-10-14-24(5)16-17-25(6)22(30(21,24)33)11-15-29(32)26(25,7)18-19-28(31)23(3,4)12-9-13-27(28,29)8/h21-22H,1,9-19,31-33H2,2-8H3. The minimum atomic E-state index is -0.253. The summed E-state index contributed by atoms with van der Waals surface area (Å²) in [4.78, 5) is 0. The van der Waals surface area contributed by atoms with Gasteiger partial charge in [-0.15, -0.1) is 0 Å². The molecule has 3 nitrogen and oxygen atoms in total. The van der Waals surface area contributed by atoms with Crippen LogP contribution in [0.2, 0.25) is 0 Å². The summed E-state index contributed by atoms with van der Waals surface area (Å²) >= 11 is 0. The average molecular weight is 456 g/mol. The van der Waals surface area contributed by atoms with Gasteiger partial charge in [0.1, 0.15) is 0 Å². The molecular weight excluding hydrogens is 402 g/mol. The first-order valence-corrected chi connectivity index (χ1v) is 14.0. The highest BCUT2D eigenvalue weighted by Gasteiger charge is 2.79. The lowest BCUT2D eigenvalue weighted by molar-refractivity contribution is -0.256. The molecule has 33 heavy (non-hydrogen) atoms. The van der Waals surface area contributed by atoms with Crippen molar-refractivity contribution in [2.75, 3.05) is 0 Å². The summed E-state index contributed by atoms with van der Waals surface area (Å²) in [5, 5.41) is 0. The van der Waals surface area contributed by atoms with Gasteiger partial charge in [0.05, 0.1) is 0 Å². The molecule has 0 spiro atoms. The first kappa shape index (κ1) is 24.3. The molecule has 188 valence electrons. The van der Waals surface area contributed by atoms with Crippen LogP contribution in [-0.2, 0) is 0 Å². The Kier molecular flexibility index (Phi) is 4.78. The van der Waals surface area contributed by atoms with E-state index < -0.39 is 0 Å². The molecule has 0 aromatic carbocycles. The Balaban J connectivity index is 1.66. The third-order valence-electron chi connectivity index (χ3n) is 14.5. The topological polar surface area (TPSA) is 78.1 Å². The Hall–Kier alpha value is -0.380. The maximum atomic E-state index is 7.86. The second-order valence-electron chi connectivity index (χ2n) is 15.3. The van der Waals surface area contributed by atoms with E-state index in [0.29, 0.717) is 11.8 Å². The van der Waals surface area contributed by atoms with E-state index >= 15 is 0 Å². The van der Waals surface area contributed by atoms with E-state index in [-0.39, 0.29) is 43.7 Å². The lowest BCUT2D eigenvalue weighted by Gasteiger charge is -2.79. The molecule has 5 aliphatic carbocycles. The van der Waals surface area contributed by atoms with Crippen molar-refractivity contribution in [1.82, 2.24) is 0 Å². The lowest BCUT2D eigenvalue weighted by Crippen LogP contribution is -2.86. The molecule has 6 N–H and O–H groups in total. The van der Waals surface area contributed by atoms with Crippen molar-refractivity contribution in [3.05, 3.63) is 12.2 Å². The third kappa shape index (κ3) is 2.31. The summed E-state index contributed by atoms with van der Waals surface area (Å²) in [6.07, 6.45) is 13.0. The Bertz CT molecular complexity index is 880. The molecule has 0 aliphatic heterocycles. The van der Waals surface area contributed by atoms with Gasteiger partial charge in [0, 0.05) is 22.0 Å². The van der Waals surface area contributed by atoms with Crippen LogP contribution in [0.3, 0.4) is 0 Å². The molecule has 5 fully saturated rings. The third-order valence-corrected chi connectivity index (χ3v) is 14.5. The summed E-state index contributed by atoms with van der Waals surface area (Å²) in [6.45, 7) is 21.7. The van der Waals surface area contributed by atoms with Gasteiger partial charge in [0.25, 0.3) is 0 Å². The summed E-state index contributed by atoms with van der Waals surface area (Å²) in [7, 11) is 0. The minimum absolute atomic E-state index is 0.0455. The lowest BCUT2D eigenvalue weighted by atomic mass is 9.28. The van der Waals surface area contributed by atoms with Gasteiger partial charge in [-0.3, -0.25) is 0 Å². The zero-order chi connectivity index (χ0) is 24.5. The van der Waals surface area contributed by atoms with Gasteiger partial charge in [-0.2, -0.15) is 0 Å². The van der Waals surface area contributed by atoms with Gasteiger partial charge < -0.3 is 17.2 Å². The molecule has 0 heterocycles. The molecule has 0 aromatic rings. The Labute approximate surface area is 204 Å². The van der Waals surface area contributed by atoms with Crippen LogP contribution in [0.25, 0.3) is 0 Å². The van der Waals surface area contributed by atoms with Crippen molar-refractivity contribution < 1.29 is 0 Å². The second kappa shape index (κ2) is 6.48. The van der Waals surface area contributed by atoms with E-state index in [2.05, 4.69) is 55.0 Å². The van der Waals surface area contributed by atoms with Crippen LogP contribution >= 0.6 is 0 Å². The van der Waals surface area contributed by atoms with Gasteiger partial charge >= 0.3 is 0 Å². The molecule has 0 amide bonds. The molecule has 0 radical (unpaired) electrons. The van der Waals surface area contributed by atoms with Gasteiger partial charge in [0.2, 0.25) is 0 Å². The average Bonchev–Trinajstić information content (AvgIpc) is 2.99. The van der Waals surface area contributed by atoms with Crippen LogP contribution in [0.5, 0.6) is 0 Å². The summed E-state index contributed by atoms with van der Waals surface area (Å²) < 4.78 is 0. The molecule has 0 aromatic heterocycles. The Morgan fingerprint density at radius 1 is 0.697 bits per heavy atom. The highest BCUT2D eigenvalue weighted by Crippen LogP contribution is 2.78. The van der Waals surface area contributed by atoms with Crippen molar-refractivity contribution >= 4 is 0 Å². The fourth-order valence-corrected chi connectivity index (χ4v) is 11.8. The van der Waals surface area contributed by atoms with Crippen LogP contribution in [0.4, 0.5) is 0 Å². The predicted molar refractivity (Wildman–Crippen MR) is 140 cm³/mol. The molecule has 5 aliphatic rings. The van der Waals surface area contributed by atoms with Crippen LogP contribution < -0.4 is 17.2 Å². The fraction of sp³-hybridized carbons (Fsp3) is 0.933. The Morgan fingerprint density at radius 2 is 1.36 bits per heavy atom. The maximum Gasteiger partial charge on any atom is 0.0308 e. The van der Waals surface area contributed by atoms with E-state index in [1.54, 1.807) is 0 Å². The molecule has 5 rings (SSSR count). The molecule has 0 saturated heterocycles. The van der Waals surface area contributed by atoms with Crippen molar-refractivity contribution in [3.63, 3.8) is 0 Å². The normalized spacial score (nSPS) is 59.7. The van der Waals surface area contributed by atoms with Crippen LogP contribution in [0, 0.1) is 38.9 Å². The SMILES string of the molecule is C=C(C)C1CCC2(C)CCC3(C)C(CCC4(N)C3(C)CCC3(N)C(C)(C)CCCC34C)C12N. The maximum absolute atomic E-state index is 7.86. The van der Waals surface area contributed by atoms with Crippen molar-refractivity contribution in [3.8, 4) is 0 Å². The van der Waals surface area contributed by atoms with Gasteiger partial charge in [-0.05, 0) is 105 Å². The zero-order valence-electron chi connectivity index (χ0n) is 22.9. The quantitative estimate of drug-likeness (QED) is 0.406. The predicted octanol–water partition coefficient (Wildman–Crippen LogP) is 6.30. The summed E-state index contributed by atoms with van der Waals surface area (Å²) in [5.41, 5.74) is 24.2. The smallest absolute Gasteiger partial charge is 0.0308 e. The number of hydrogen-bond acceptors (Lipinski definition) is 3. The first-order valence-electron chi connectivity index (χ1n) is 14.0. The van der Waals surface area contributed by atoms with Gasteiger partial charge in [-0.1, -0.05) is 60.1 Å². The van der Waals surface area contributed by atoms with E-state index in [9.17, 15) is 0 Å². The highest BCUT2D eigenvalue weighted by molar-refractivity contribution is 5.34. The van der Waals surface area contributed by atoms with Crippen LogP contribution in [0.15, 0.2) is 12.2 Å². The number of rotatable bonds is 1. The largest absolute Gasteiger partial charge is 0.324 e.